The van der Waals surface area contributed by atoms with Gasteiger partial charge >= 0.3 is 0 Å². The number of hydrogen-bond acceptors (Lipinski definition) is 8. The van der Waals surface area contributed by atoms with E-state index in [9.17, 15) is 14.9 Å². The van der Waals surface area contributed by atoms with Gasteiger partial charge in [-0.2, -0.15) is 0 Å². The molecule has 222 valence electrons. The van der Waals surface area contributed by atoms with Gasteiger partial charge in [0.1, 0.15) is 0 Å². The topological polar surface area (TPSA) is 104 Å². The molecule has 0 bridgehead atoms. The molecular formula is C30H38ClN3O7. The van der Waals surface area contributed by atoms with E-state index in [2.05, 4.69) is 11.9 Å². The van der Waals surface area contributed by atoms with Gasteiger partial charge in [0, 0.05) is 37.0 Å². The molecule has 11 heteroatoms. The van der Waals surface area contributed by atoms with Gasteiger partial charge in [0.05, 0.1) is 39.8 Å². The van der Waals surface area contributed by atoms with Crippen molar-refractivity contribution in [3.63, 3.8) is 0 Å². The molecule has 0 atom stereocenters. The quantitative estimate of drug-likeness (QED) is 0.177. The Hall–Kier alpha value is -4.02. The van der Waals surface area contributed by atoms with Crippen LogP contribution in [0.3, 0.4) is 0 Å². The lowest BCUT2D eigenvalue weighted by Crippen LogP contribution is -2.35. The van der Waals surface area contributed by atoms with Crippen molar-refractivity contribution in [2.45, 2.75) is 19.3 Å². The minimum absolute atomic E-state index is 0. The van der Waals surface area contributed by atoms with E-state index in [4.69, 9.17) is 18.9 Å². The molecular weight excluding hydrogens is 550 g/mol. The lowest BCUT2D eigenvalue weighted by atomic mass is 10.1. The van der Waals surface area contributed by atoms with Crippen molar-refractivity contribution in [3.05, 3.63) is 81.9 Å². The predicted octanol–water partition coefficient (Wildman–Crippen LogP) is 5.19. The fraction of sp³-hybridized carbons (Fsp3) is 0.367. The molecule has 0 radical (unpaired) electrons. The van der Waals surface area contributed by atoms with E-state index in [1.54, 1.807) is 57.6 Å². The fourth-order valence-electron chi connectivity index (χ4n) is 4.36. The lowest BCUT2D eigenvalue weighted by molar-refractivity contribution is -0.384. The molecule has 10 nitrogen and oxygen atoms in total. The number of rotatable bonds is 15. The van der Waals surface area contributed by atoms with Gasteiger partial charge in [0.15, 0.2) is 23.0 Å². The van der Waals surface area contributed by atoms with Gasteiger partial charge < -0.3 is 28.7 Å². The largest absolute Gasteiger partial charge is 0.493 e. The standard InChI is InChI=1S/C30H37N3O7.ClH/c1-31(18-15-23-9-13-26(37-2)28(19-23)39-4)16-6-17-32(25-12-14-27(38-3)29(21-25)40-5)30(34)20-22-7-10-24(11-8-22)33(35)36;/h7-14,19,21H,6,15-18,20H2,1-5H3;1H. The first-order chi connectivity index (χ1) is 19.3. The summed E-state index contributed by atoms with van der Waals surface area (Å²) < 4.78 is 21.5. The minimum atomic E-state index is -0.455. The third-order valence-electron chi connectivity index (χ3n) is 6.63. The molecule has 0 aliphatic carbocycles. The fourth-order valence-corrected chi connectivity index (χ4v) is 4.36. The number of halogens is 1. The van der Waals surface area contributed by atoms with Gasteiger partial charge in [-0.15, -0.1) is 12.4 Å². The SMILES string of the molecule is COc1ccc(CCN(C)CCCN(C(=O)Cc2ccc([N+](=O)[O-])cc2)c2ccc(OC)c(OC)c2)cc1OC.Cl. The first-order valence-corrected chi connectivity index (χ1v) is 12.9. The average Bonchev–Trinajstić information content (AvgIpc) is 2.97. The highest BCUT2D eigenvalue weighted by Gasteiger charge is 2.19. The number of methoxy groups -OCH3 is 4. The molecule has 0 saturated carbocycles. The summed E-state index contributed by atoms with van der Waals surface area (Å²) in [7, 11) is 8.42. The summed E-state index contributed by atoms with van der Waals surface area (Å²) in [6, 6.07) is 17.4. The monoisotopic (exact) mass is 587 g/mol. The predicted molar refractivity (Wildman–Crippen MR) is 161 cm³/mol. The second-order valence-corrected chi connectivity index (χ2v) is 9.28. The Kier molecular flexibility index (Phi) is 13.2. The Morgan fingerprint density at radius 2 is 1.32 bits per heavy atom. The van der Waals surface area contributed by atoms with Crippen molar-refractivity contribution in [1.29, 1.82) is 0 Å². The highest BCUT2D eigenvalue weighted by Crippen LogP contribution is 2.32. The summed E-state index contributed by atoms with van der Waals surface area (Å²) in [6.45, 7) is 2.10. The van der Waals surface area contributed by atoms with Crippen molar-refractivity contribution in [1.82, 2.24) is 4.90 Å². The Morgan fingerprint density at radius 1 is 0.756 bits per heavy atom. The van der Waals surface area contributed by atoms with Crippen LogP contribution in [0.1, 0.15) is 17.5 Å². The Balaban J connectivity index is 0.00000588. The number of benzene rings is 3. The van der Waals surface area contributed by atoms with Crippen LogP contribution in [-0.4, -0.2) is 70.9 Å². The normalized spacial score (nSPS) is 10.5. The van der Waals surface area contributed by atoms with Crippen molar-refractivity contribution in [2.24, 2.45) is 0 Å². The first kappa shape index (κ1) is 33.2. The van der Waals surface area contributed by atoms with E-state index in [1.165, 1.54) is 12.1 Å². The maximum absolute atomic E-state index is 13.5. The molecule has 1 amide bonds. The molecule has 3 aromatic carbocycles. The van der Waals surface area contributed by atoms with Gasteiger partial charge in [-0.1, -0.05) is 18.2 Å². The van der Waals surface area contributed by atoms with Crippen molar-refractivity contribution >= 4 is 29.7 Å². The number of anilines is 1. The number of amides is 1. The summed E-state index contributed by atoms with van der Waals surface area (Å²) in [4.78, 5) is 28.0. The molecule has 0 spiro atoms. The van der Waals surface area contributed by atoms with Crippen LogP contribution in [0, 0.1) is 10.1 Å². The zero-order chi connectivity index (χ0) is 29.1. The van der Waals surface area contributed by atoms with Gasteiger partial charge in [0.2, 0.25) is 5.91 Å². The van der Waals surface area contributed by atoms with E-state index in [1.807, 2.05) is 24.3 Å². The van der Waals surface area contributed by atoms with Crippen LogP contribution in [0.15, 0.2) is 60.7 Å². The van der Waals surface area contributed by atoms with Crippen LogP contribution in [0.2, 0.25) is 0 Å². The summed E-state index contributed by atoms with van der Waals surface area (Å²) in [5.41, 5.74) is 2.53. The maximum Gasteiger partial charge on any atom is 0.269 e. The molecule has 3 rings (SSSR count). The molecule has 41 heavy (non-hydrogen) atoms. The minimum Gasteiger partial charge on any atom is -0.493 e. The van der Waals surface area contributed by atoms with Gasteiger partial charge in [-0.05, 0) is 61.8 Å². The smallest absolute Gasteiger partial charge is 0.269 e. The van der Waals surface area contributed by atoms with E-state index in [0.717, 1.165) is 31.5 Å². The van der Waals surface area contributed by atoms with Crippen LogP contribution < -0.4 is 23.8 Å². The first-order valence-electron chi connectivity index (χ1n) is 12.9. The van der Waals surface area contributed by atoms with E-state index >= 15 is 0 Å². The Labute approximate surface area is 247 Å². The highest BCUT2D eigenvalue weighted by atomic mass is 35.5. The van der Waals surface area contributed by atoms with Crippen LogP contribution in [0.25, 0.3) is 0 Å². The van der Waals surface area contributed by atoms with Crippen molar-refractivity contribution in [3.8, 4) is 23.0 Å². The number of nitro benzene ring substituents is 1. The Bertz CT molecular complexity index is 1290. The molecule has 3 aromatic rings. The zero-order valence-corrected chi connectivity index (χ0v) is 24.9. The highest BCUT2D eigenvalue weighted by molar-refractivity contribution is 5.95. The summed E-state index contributed by atoms with van der Waals surface area (Å²) in [6.07, 6.45) is 1.69. The second kappa shape index (κ2) is 16.3. The average molecular weight is 588 g/mol. The van der Waals surface area contributed by atoms with Crippen LogP contribution >= 0.6 is 12.4 Å². The third-order valence-corrected chi connectivity index (χ3v) is 6.63. The van der Waals surface area contributed by atoms with Gasteiger partial charge in [-0.3, -0.25) is 14.9 Å². The number of nitrogens with zero attached hydrogens (tertiary/aromatic N) is 3. The molecule has 0 saturated heterocycles. The Morgan fingerprint density at radius 3 is 1.90 bits per heavy atom. The summed E-state index contributed by atoms with van der Waals surface area (Å²) in [5, 5.41) is 11.0. The number of carbonyl (C=O) groups is 1. The number of ether oxygens (including phenoxy) is 4. The van der Waals surface area contributed by atoms with Crippen molar-refractivity contribution < 1.29 is 28.7 Å². The molecule has 0 aromatic heterocycles. The van der Waals surface area contributed by atoms with Gasteiger partial charge in [-0.25, -0.2) is 0 Å². The molecule has 0 N–H and O–H groups in total. The third kappa shape index (κ3) is 9.26. The number of hydrogen-bond donors (Lipinski definition) is 0. The maximum atomic E-state index is 13.5. The molecule has 0 heterocycles. The molecule has 0 aliphatic rings. The van der Waals surface area contributed by atoms with Crippen LogP contribution in [-0.2, 0) is 17.6 Å². The lowest BCUT2D eigenvalue weighted by Gasteiger charge is -2.25. The number of carbonyl (C=O) groups excluding carboxylic acids is 1. The summed E-state index contributed by atoms with van der Waals surface area (Å²) >= 11 is 0. The zero-order valence-electron chi connectivity index (χ0n) is 24.1. The summed E-state index contributed by atoms with van der Waals surface area (Å²) in [5.74, 6) is 2.39. The number of likely N-dealkylation sites (N-methyl/N-ethyl adjacent to an activating group) is 1. The second-order valence-electron chi connectivity index (χ2n) is 9.28. The van der Waals surface area contributed by atoms with Crippen LogP contribution in [0.4, 0.5) is 11.4 Å². The van der Waals surface area contributed by atoms with E-state index in [0.29, 0.717) is 40.8 Å². The van der Waals surface area contributed by atoms with E-state index in [-0.39, 0.29) is 30.4 Å². The van der Waals surface area contributed by atoms with E-state index < -0.39 is 4.92 Å². The van der Waals surface area contributed by atoms with Crippen LogP contribution in [0.5, 0.6) is 23.0 Å². The van der Waals surface area contributed by atoms with Crippen molar-refractivity contribution in [2.75, 3.05) is 60.0 Å². The van der Waals surface area contributed by atoms with Gasteiger partial charge in [0.25, 0.3) is 5.69 Å². The molecule has 0 fully saturated rings. The molecule has 0 unspecified atom stereocenters. The number of nitro groups is 1. The molecule has 0 aliphatic heterocycles. The number of non-ortho nitro benzene ring substituents is 1.